The standard InChI is InChI=1S/C20H23ClN2O4/c1-12-5-8-17(21)18(9-12)27-15(4)20(25)23-22-19(24)11-26-16-7-6-13(2)14(3)10-16/h5-10,15H,11H2,1-4H3,(H,22,24)(H,23,25). The summed E-state index contributed by atoms with van der Waals surface area (Å²) in [5.74, 6) is 0.00329. The molecule has 2 N–H and O–H groups in total. The van der Waals surface area contributed by atoms with Gasteiger partial charge in [0.05, 0.1) is 5.02 Å². The predicted molar refractivity (Wildman–Crippen MR) is 104 cm³/mol. The van der Waals surface area contributed by atoms with E-state index < -0.39 is 17.9 Å². The van der Waals surface area contributed by atoms with Gasteiger partial charge < -0.3 is 9.47 Å². The number of carbonyl (C=O) groups excluding carboxylic acids is 2. The second-order valence-corrected chi connectivity index (χ2v) is 6.67. The van der Waals surface area contributed by atoms with Crippen molar-refractivity contribution in [1.82, 2.24) is 10.9 Å². The second kappa shape index (κ2) is 9.28. The number of ether oxygens (including phenoxy) is 2. The Balaban J connectivity index is 1.79. The van der Waals surface area contributed by atoms with Gasteiger partial charge in [-0.1, -0.05) is 23.7 Å². The number of nitrogens with one attached hydrogen (secondary N) is 2. The Labute approximate surface area is 163 Å². The quantitative estimate of drug-likeness (QED) is 0.742. The van der Waals surface area contributed by atoms with E-state index in [0.29, 0.717) is 16.5 Å². The van der Waals surface area contributed by atoms with Crippen LogP contribution in [0.4, 0.5) is 0 Å². The van der Waals surface area contributed by atoms with Crippen LogP contribution >= 0.6 is 11.6 Å². The maximum Gasteiger partial charge on any atom is 0.279 e. The number of aryl methyl sites for hydroxylation is 3. The normalized spacial score (nSPS) is 11.4. The van der Waals surface area contributed by atoms with Crippen molar-refractivity contribution in [3.05, 3.63) is 58.1 Å². The van der Waals surface area contributed by atoms with E-state index in [4.69, 9.17) is 21.1 Å². The average molecular weight is 391 g/mol. The molecular weight excluding hydrogens is 368 g/mol. The lowest BCUT2D eigenvalue weighted by Gasteiger charge is -2.16. The summed E-state index contributed by atoms with van der Waals surface area (Å²) in [5.41, 5.74) is 7.77. The first-order valence-corrected chi connectivity index (χ1v) is 8.85. The summed E-state index contributed by atoms with van der Waals surface area (Å²) in [6, 6.07) is 10.8. The number of rotatable bonds is 6. The molecule has 0 aliphatic rings. The summed E-state index contributed by atoms with van der Waals surface area (Å²) in [6.45, 7) is 7.19. The molecule has 0 saturated heterocycles. The monoisotopic (exact) mass is 390 g/mol. The van der Waals surface area contributed by atoms with Gasteiger partial charge >= 0.3 is 0 Å². The highest BCUT2D eigenvalue weighted by Crippen LogP contribution is 2.26. The summed E-state index contributed by atoms with van der Waals surface area (Å²) in [5, 5.41) is 0.408. The van der Waals surface area contributed by atoms with Crippen LogP contribution in [0.15, 0.2) is 36.4 Å². The van der Waals surface area contributed by atoms with E-state index in [0.717, 1.165) is 16.7 Å². The summed E-state index contributed by atoms with van der Waals surface area (Å²) >= 11 is 6.05. The Bertz CT molecular complexity index is 839. The molecule has 1 atom stereocenters. The minimum atomic E-state index is -0.842. The molecule has 0 saturated carbocycles. The first-order chi connectivity index (χ1) is 12.8. The zero-order valence-corrected chi connectivity index (χ0v) is 16.5. The molecular formula is C20H23ClN2O4. The molecule has 0 fully saturated rings. The highest BCUT2D eigenvalue weighted by atomic mass is 35.5. The van der Waals surface area contributed by atoms with Gasteiger partial charge in [0, 0.05) is 0 Å². The summed E-state index contributed by atoms with van der Waals surface area (Å²) in [4.78, 5) is 23.9. The summed E-state index contributed by atoms with van der Waals surface area (Å²) in [6.07, 6.45) is -0.842. The summed E-state index contributed by atoms with van der Waals surface area (Å²) in [7, 11) is 0. The fourth-order valence-corrected chi connectivity index (χ4v) is 2.33. The van der Waals surface area contributed by atoms with E-state index in [2.05, 4.69) is 10.9 Å². The number of hydrogen-bond acceptors (Lipinski definition) is 4. The first kappa shape index (κ1) is 20.6. The van der Waals surface area contributed by atoms with Crippen molar-refractivity contribution in [2.75, 3.05) is 6.61 Å². The van der Waals surface area contributed by atoms with Crippen molar-refractivity contribution in [3.8, 4) is 11.5 Å². The Morgan fingerprint density at radius 2 is 1.78 bits per heavy atom. The number of halogens is 1. The molecule has 2 rings (SSSR count). The maximum absolute atomic E-state index is 12.1. The lowest BCUT2D eigenvalue weighted by molar-refractivity contribution is -0.133. The number of hydrogen-bond donors (Lipinski definition) is 2. The largest absolute Gasteiger partial charge is 0.484 e. The van der Waals surface area contributed by atoms with Crippen LogP contribution in [0, 0.1) is 20.8 Å². The van der Waals surface area contributed by atoms with E-state index >= 15 is 0 Å². The Morgan fingerprint density at radius 1 is 1.04 bits per heavy atom. The van der Waals surface area contributed by atoms with Gasteiger partial charge in [-0.15, -0.1) is 0 Å². The Hall–Kier alpha value is -2.73. The van der Waals surface area contributed by atoms with Gasteiger partial charge in [0.1, 0.15) is 11.5 Å². The van der Waals surface area contributed by atoms with E-state index in [-0.39, 0.29) is 6.61 Å². The summed E-state index contributed by atoms with van der Waals surface area (Å²) < 4.78 is 11.0. The molecule has 0 spiro atoms. The molecule has 2 amide bonds. The van der Waals surface area contributed by atoms with Gasteiger partial charge in [0.25, 0.3) is 11.8 Å². The maximum atomic E-state index is 12.1. The Kier molecular flexibility index (Phi) is 7.07. The van der Waals surface area contributed by atoms with Crippen LogP contribution in [-0.4, -0.2) is 24.5 Å². The van der Waals surface area contributed by atoms with Crippen molar-refractivity contribution in [2.24, 2.45) is 0 Å². The van der Waals surface area contributed by atoms with Crippen LogP contribution in [0.3, 0.4) is 0 Å². The van der Waals surface area contributed by atoms with Gasteiger partial charge in [0.2, 0.25) is 0 Å². The fourth-order valence-electron chi connectivity index (χ4n) is 2.17. The van der Waals surface area contributed by atoms with Crippen LogP contribution in [0.25, 0.3) is 0 Å². The molecule has 0 aliphatic carbocycles. The van der Waals surface area contributed by atoms with E-state index in [1.54, 1.807) is 25.1 Å². The van der Waals surface area contributed by atoms with Crippen molar-refractivity contribution in [1.29, 1.82) is 0 Å². The van der Waals surface area contributed by atoms with E-state index in [1.807, 2.05) is 39.0 Å². The highest BCUT2D eigenvalue weighted by Gasteiger charge is 2.17. The first-order valence-electron chi connectivity index (χ1n) is 8.48. The van der Waals surface area contributed by atoms with Crippen LogP contribution in [0.5, 0.6) is 11.5 Å². The number of carbonyl (C=O) groups is 2. The molecule has 2 aromatic rings. The molecule has 0 heterocycles. The lowest BCUT2D eigenvalue weighted by Crippen LogP contribution is -2.48. The smallest absolute Gasteiger partial charge is 0.279 e. The van der Waals surface area contributed by atoms with Gasteiger partial charge in [-0.25, -0.2) is 0 Å². The predicted octanol–water partition coefficient (Wildman–Crippen LogP) is 3.26. The van der Waals surface area contributed by atoms with Crippen molar-refractivity contribution < 1.29 is 19.1 Å². The van der Waals surface area contributed by atoms with Crippen LogP contribution in [-0.2, 0) is 9.59 Å². The van der Waals surface area contributed by atoms with Crippen molar-refractivity contribution in [2.45, 2.75) is 33.8 Å². The molecule has 2 aromatic carbocycles. The molecule has 27 heavy (non-hydrogen) atoms. The molecule has 0 aromatic heterocycles. The van der Waals surface area contributed by atoms with Crippen molar-refractivity contribution >= 4 is 23.4 Å². The molecule has 1 unspecified atom stereocenters. The van der Waals surface area contributed by atoms with Gasteiger partial charge in [-0.05, 0) is 68.7 Å². The molecule has 7 heteroatoms. The zero-order chi connectivity index (χ0) is 20.0. The third-order valence-electron chi connectivity index (χ3n) is 3.93. The molecule has 0 radical (unpaired) electrons. The number of hydrazine groups is 1. The van der Waals surface area contributed by atoms with Crippen LogP contribution < -0.4 is 20.3 Å². The van der Waals surface area contributed by atoms with Gasteiger partial charge in [-0.3, -0.25) is 20.4 Å². The Morgan fingerprint density at radius 3 is 2.48 bits per heavy atom. The topological polar surface area (TPSA) is 76.7 Å². The van der Waals surface area contributed by atoms with Crippen LogP contribution in [0.2, 0.25) is 5.02 Å². The third kappa shape index (κ3) is 6.18. The molecule has 6 nitrogen and oxygen atoms in total. The second-order valence-electron chi connectivity index (χ2n) is 6.27. The van der Waals surface area contributed by atoms with Crippen molar-refractivity contribution in [3.63, 3.8) is 0 Å². The average Bonchev–Trinajstić information content (AvgIpc) is 2.63. The number of amides is 2. The molecule has 0 aliphatic heterocycles. The fraction of sp³-hybridized carbons (Fsp3) is 0.300. The van der Waals surface area contributed by atoms with Crippen LogP contribution in [0.1, 0.15) is 23.6 Å². The minimum absolute atomic E-state index is 0.221. The van der Waals surface area contributed by atoms with Gasteiger partial charge in [0.15, 0.2) is 12.7 Å². The molecule has 144 valence electrons. The van der Waals surface area contributed by atoms with E-state index in [9.17, 15) is 9.59 Å². The third-order valence-corrected chi connectivity index (χ3v) is 4.25. The van der Waals surface area contributed by atoms with Gasteiger partial charge in [-0.2, -0.15) is 0 Å². The highest BCUT2D eigenvalue weighted by molar-refractivity contribution is 6.32. The lowest BCUT2D eigenvalue weighted by atomic mass is 10.1. The molecule has 0 bridgehead atoms. The number of benzene rings is 2. The van der Waals surface area contributed by atoms with E-state index in [1.165, 1.54) is 0 Å². The zero-order valence-electron chi connectivity index (χ0n) is 15.8. The SMILES string of the molecule is Cc1ccc(Cl)c(OC(C)C(=O)NNC(=O)COc2ccc(C)c(C)c2)c1. The minimum Gasteiger partial charge on any atom is -0.484 e.